The maximum Gasteiger partial charge on any atom is 0.105 e. The van der Waals surface area contributed by atoms with Crippen LogP contribution in [0.1, 0.15) is 161 Å². The summed E-state index contributed by atoms with van der Waals surface area (Å²) in [5.41, 5.74) is 0. The zero-order valence-corrected chi connectivity index (χ0v) is 24.2. The number of carboxylic acids is 1. The van der Waals surface area contributed by atoms with Crippen molar-refractivity contribution in [2.45, 2.75) is 167 Å². The summed E-state index contributed by atoms with van der Waals surface area (Å²) < 4.78 is 0.908. The van der Waals surface area contributed by atoms with Gasteiger partial charge in [0.25, 0.3) is 0 Å². The molecule has 0 amide bonds. The first kappa shape index (κ1) is 34.4. The van der Waals surface area contributed by atoms with Gasteiger partial charge in [-0.05, 0) is 32.1 Å². The normalized spacial score (nSPS) is 12.8. The first-order valence-corrected chi connectivity index (χ1v) is 15.6. The number of rotatable bonds is 28. The molecule has 0 aliphatic rings. The number of hydrogen-bond acceptors (Lipinski definition) is 3. The molecule has 0 radical (unpaired) electrons. The number of carbonyl (C=O) groups is 1. The van der Waals surface area contributed by atoms with E-state index in [1.807, 2.05) is 0 Å². The van der Waals surface area contributed by atoms with Gasteiger partial charge in [-0.3, -0.25) is 0 Å². The summed E-state index contributed by atoms with van der Waals surface area (Å²) in [7, 11) is 4.49. The Morgan fingerprint density at radius 3 is 1.43 bits per heavy atom. The maximum atomic E-state index is 10.5. The predicted molar refractivity (Wildman–Crippen MR) is 149 cm³/mol. The highest BCUT2D eigenvalue weighted by Gasteiger charge is 2.19. The minimum absolute atomic E-state index is 0.171. The van der Waals surface area contributed by atoms with Crippen LogP contribution < -0.4 is 5.11 Å². The van der Waals surface area contributed by atoms with Crippen LogP contribution in [0.2, 0.25) is 0 Å². The molecule has 0 saturated carbocycles. The Bertz CT molecular complexity index is 453. The highest BCUT2D eigenvalue weighted by atomic mass is 16.4. The Morgan fingerprint density at radius 2 is 1.00 bits per heavy atom. The van der Waals surface area contributed by atoms with E-state index in [9.17, 15) is 15.0 Å². The lowest BCUT2D eigenvalue weighted by molar-refractivity contribution is -0.893. The standard InChI is InChI=1S/C31H63NO3/c1-4-5-6-7-8-9-10-11-12-13-14-15-17-20-23-26-30(33)29-32(2,3)28-25-22-19-16-18-21-24-27-31(34)35/h30,33H,4-29H2,1-3H3. The predicted octanol–water partition coefficient (Wildman–Crippen LogP) is 7.56. The second-order valence-corrected chi connectivity index (χ2v) is 11.8. The Labute approximate surface area is 219 Å². The molecule has 210 valence electrons. The quantitative estimate of drug-likeness (QED) is 0.0896. The van der Waals surface area contributed by atoms with Crippen molar-refractivity contribution in [2.24, 2.45) is 0 Å². The van der Waals surface area contributed by atoms with Crippen LogP contribution >= 0.6 is 0 Å². The van der Waals surface area contributed by atoms with Gasteiger partial charge in [0.15, 0.2) is 0 Å². The van der Waals surface area contributed by atoms with Crippen molar-refractivity contribution >= 4 is 5.97 Å². The summed E-state index contributed by atoms with van der Waals surface area (Å²) in [5, 5.41) is 20.9. The monoisotopic (exact) mass is 497 g/mol. The molecule has 1 N–H and O–H groups in total. The molecule has 0 heterocycles. The minimum atomic E-state index is -0.924. The lowest BCUT2D eigenvalue weighted by atomic mass is 10.0. The first-order valence-electron chi connectivity index (χ1n) is 15.6. The number of unbranched alkanes of at least 4 members (excludes halogenated alkanes) is 20. The molecule has 0 rings (SSSR count). The molecule has 0 fully saturated rings. The van der Waals surface area contributed by atoms with Gasteiger partial charge in [0.2, 0.25) is 0 Å². The molecule has 0 aromatic carbocycles. The Kier molecular flexibility index (Phi) is 24.6. The van der Waals surface area contributed by atoms with Crippen molar-refractivity contribution in [3.05, 3.63) is 0 Å². The summed E-state index contributed by atoms with van der Waals surface area (Å²) in [6.45, 7) is 4.27. The third-order valence-electron chi connectivity index (χ3n) is 7.49. The van der Waals surface area contributed by atoms with Crippen LogP contribution in [0.25, 0.3) is 0 Å². The van der Waals surface area contributed by atoms with Crippen molar-refractivity contribution in [3.8, 4) is 0 Å². The van der Waals surface area contributed by atoms with Gasteiger partial charge in [-0.2, -0.15) is 0 Å². The van der Waals surface area contributed by atoms with Crippen LogP contribution in [-0.4, -0.2) is 48.8 Å². The number of carboxylic acid groups (broad SMARTS) is 1. The minimum Gasteiger partial charge on any atom is -0.550 e. The van der Waals surface area contributed by atoms with E-state index in [1.165, 1.54) is 116 Å². The smallest absolute Gasteiger partial charge is 0.105 e. The molecule has 0 aliphatic carbocycles. The van der Waals surface area contributed by atoms with Crippen molar-refractivity contribution in [1.82, 2.24) is 0 Å². The third-order valence-corrected chi connectivity index (χ3v) is 7.49. The van der Waals surface area contributed by atoms with Crippen LogP contribution in [0.5, 0.6) is 0 Å². The van der Waals surface area contributed by atoms with Gasteiger partial charge in [0.1, 0.15) is 12.6 Å². The molecule has 35 heavy (non-hydrogen) atoms. The van der Waals surface area contributed by atoms with Gasteiger partial charge < -0.3 is 19.5 Å². The van der Waals surface area contributed by atoms with E-state index in [0.29, 0.717) is 0 Å². The SMILES string of the molecule is CCCCCCCCCCCCCCCCCC(O)C[N+](C)(C)CCCCCCCCCC(=O)[O-]. The van der Waals surface area contributed by atoms with Crippen LogP contribution in [0, 0.1) is 0 Å². The van der Waals surface area contributed by atoms with E-state index in [0.717, 1.165) is 49.7 Å². The average Bonchev–Trinajstić information content (AvgIpc) is 2.80. The van der Waals surface area contributed by atoms with E-state index in [-0.39, 0.29) is 12.5 Å². The maximum absolute atomic E-state index is 10.5. The number of quaternary nitrogens is 1. The fraction of sp³-hybridized carbons (Fsp3) is 0.968. The molecular formula is C31H63NO3. The van der Waals surface area contributed by atoms with Crippen molar-refractivity contribution < 1.29 is 19.5 Å². The Morgan fingerprint density at radius 1 is 0.629 bits per heavy atom. The second kappa shape index (κ2) is 25.1. The molecule has 0 spiro atoms. The molecule has 4 nitrogen and oxygen atoms in total. The molecule has 1 atom stereocenters. The number of carbonyl (C=O) groups excluding carboxylic acids is 1. The number of hydrogen-bond donors (Lipinski definition) is 1. The van der Waals surface area contributed by atoms with Gasteiger partial charge in [-0.25, -0.2) is 0 Å². The Hall–Kier alpha value is -0.610. The molecule has 0 saturated heterocycles. The lowest BCUT2D eigenvalue weighted by Crippen LogP contribution is -2.45. The van der Waals surface area contributed by atoms with E-state index in [1.54, 1.807) is 0 Å². The molecule has 0 aliphatic heterocycles. The van der Waals surface area contributed by atoms with Crippen molar-refractivity contribution in [3.63, 3.8) is 0 Å². The van der Waals surface area contributed by atoms with Crippen LogP contribution in [0.3, 0.4) is 0 Å². The fourth-order valence-corrected chi connectivity index (χ4v) is 5.20. The Balaban J connectivity index is 3.43. The topological polar surface area (TPSA) is 60.4 Å². The van der Waals surface area contributed by atoms with E-state index >= 15 is 0 Å². The molecule has 1 unspecified atom stereocenters. The molecule has 0 aromatic heterocycles. The summed E-state index contributed by atoms with van der Waals surface area (Å²) >= 11 is 0. The van der Waals surface area contributed by atoms with Gasteiger partial charge in [-0.15, -0.1) is 0 Å². The second-order valence-electron chi connectivity index (χ2n) is 11.8. The van der Waals surface area contributed by atoms with Gasteiger partial charge in [0, 0.05) is 5.97 Å². The van der Waals surface area contributed by atoms with Gasteiger partial charge >= 0.3 is 0 Å². The zero-order valence-electron chi connectivity index (χ0n) is 24.2. The van der Waals surface area contributed by atoms with Crippen molar-refractivity contribution in [2.75, 3.05) is 27.2 Å². The van der Waals surface area contributed by atoms with Crippen LogP contribution in [-0.2, 0) is 4.79 Å². The largest absolute Gasteiger partial charge is 0.550 e. The zero-order chi connectivity index (χ0) is 26.0. The highest BCUT2D eigenvalue weighted by molar-refractivity contribution is 5.64. The van der Waals surface area contributed by atoms with E-state index in [2.05, 4.69) is 21.0 Å². The fourth-order valence-electron chi connectivity index (χ4n) is 5.20. The number of aliphatic hydroxyl groups excluding tert-OH is 1. The first-order chi connectivity index (χ1) is 16.9. The molecule has 0 bridgehead atoms. The highest BCUT2D eigenvalue weighted by Crippen LogP contribution is 2.15. The molecular weight excluding hydrogens is 434 g/mol. The average molecular weight is 498 g/mol. The van der Waals surface area contributed by atoms with E-state index in [4.69, 9.17) is 0 Å². The lowest BCUT2D eigenvalue weighted by Gasteiger charge is -2.32. The number of likely N-dealkylation sites (N-methyl/N-ethyl adjacent to an activating group) is 1. The number of aliphatic carboxylic acids is 1. The number of aliphatic hydroxyl groups is 1. The molecule has 0 aromatic rings. The number of nitrogens with zero attached hydrogens (tertiary/aromatic N) is 1. The van der Waals surface area contributed by atoms with E-state index < -0.39 is 5.97 Å². The summed E-state index contributed by atoms with van der Waals surface area (Å²) in [4.78, 5) is 10.4. The van der Waals surface area contributed by atoms with Gasteiger partial charge in [-0.1, -0.05) is 129 Å². The summed E-state index contributed by atoms with van der Waals surface area (Å²) in [6.07, 6.45) is 29.5. The molecule has 4 heteroatoms. The summed E-state index contributed by atoms with van der Waals surface area (Å²) in [6, 6.07) is 0. The third kappa shape index (κ3) is 27.8. The van der Waals surface area contributed by atoms with Crippen LogP contribution in [0.4, 0.5) is 0 Å². The summed E-state index contributed by atoms with van der Waals surface area (Å²) in [5.74, 6) is -0.924. The van der Waals surface area contributed by atoms with Crippen LogP contribution in [0.15, 0.2) is 0 Å². The van der Waals surface area contributed by atoms with Gasteiger partial charge in [0.05, 0.1) is 20.6 Å². The van der Waals surface area contributed by atoms with Crippen molar-refractivity contribution in [1.29, 1.82) is 0 Å².